The van der Waals surface area contributed by atoms with E-state index in [1.807, 2.05) is 13.8 Å². The summed E-state index contributed by atoms with van der Waals surface area (Å²) in [4.78, 5) is 12.1. The number of amides is 1. The van der Waals surface area contributed by atoms with Gasteiger partial charge in [-0.1, -0.05) is 25.4 Å². The zero-order valence-corrected chi connectivity index (χ0v) is 12.1. The summed E-state index contributed by atoms with van der Waals surface area (Å²) in [6, 6.07) is 4.80. The van der Waals surface area contributed by atoms with Gasteiger partial charge >= 0.3 is 0 Å². The molecule has 0 aromatic heterocycles. The number of hydrogen-bond donors (Lipinski definition) is 3. The van der Waals surface area contributed by atoms with E-state index in [1.165, 1.54) is 0 Å². The van der Waals surface area contributed by atoms with Crippen LogP contribution in [0.4, 0.5) is 5.69 Å². The van der Waals surface area contributed by atoms with Crippen molar-refractivity contribution >= 4 is 23.2 Å². The van der Waals surface area contributed by atoms with Crippen LogP contribution in [0.3, 0.4) is 0 Å². The Hall–Kier alpha value is -1.26. The molecule has 1 aromatic carbocycles. The van der Waals surface area contributed by atoms with E-state index in [0.717, 1.165) is 12.8 Å². The first-order chi connectivity index (χ1) is 8.98. The van der Waals surface area contributed by atoms with Gasteiger partial charge < -0.3 is 16.2 Å². The average molecular weight is 285 g/mol. The van der Waals surface area contributed by atoms with E-state index in [4.69, 9.17) is 17.3 Å². The van der Waals surface area contributed by atoms with E-state index in [9.17, 15) is 9.90 Å². The third-order valence-corrected chi connectivity index (χ3v) is 3.95. The number of halogens is 1. The fraction of sp³-hybridized carbons (Fsp3) is 0.500. The Kier molecular flexibility index (Phi) is 5.63. The summed E-state index contributed by atoms with van der Waals surface area (Å²) in [6.07, 6.45) is 1.59. The lowest BCUT2D eigenvalue weighted by molar-refractivity contribution is 0.0852. The molecule has 4 N–H and O–H groups in total. The Balaban J connectivity index is 2.77. The van der Waals surface area contributed by atoms with Crippen LogP contribution in [0.2, 0.25) is 5.02 Å². The van der Waals surface area contributed by atoms with Crippen molar-refractivity contribution in [2.24, 2.45) is 5.41 Å². The van der Waals surface area contributed by atoms with E-state index in [0.29, 0.717) is 22.8 Å². The molecule has 19 heavy (non-hydrogen) atoms. The molecule has 0 spiro atoms. The number of nitrogen functional groups attached to an aromatic ring is 1. The molecule has 0 unspecified atom stereocenters. The standard InChI is InChI=1S/C14H21ClN2O2/c1-3-14(4-2,9-18)8-17-13(19)11-7-10(15)5-6-12(11)16/h5-7,18H,3-4,8-9,16H2,1-2H3,(H,17,19). The highest BCUT2D eigenvalue weighted by molar-refractivity contribution is 6.31. The van der Waals surface area contributed by atoms with Gasteiger partial charge in [-0.3, -0.25) is 4.79 Å². The van der Waals surface area contributed by atoms with Gasteiger partial charge in [0.1, 0.15) is 0 Å². The minimum absolute atomic E-state index is 0.0469. The topological polar surface area (TPSA) is 75.3 Å². The Morgan fingerprint density at radius 2 is 2.05 bits per heavy atom. The Morgan fingerprint density at radius 3 is 2.58 bits per heavy atom. The molecule has 0 saturated heterocycles. The van der Waals surface area contributed by atoms with Crippen molar-refractivity contribution in [3.05, 3.63) is 28.8 Å². The monoisotopic (exact) mass is 284 g/mol. The van der Waals surface area contributed by atoms with Crippen LogP contribution in [0, 0.1) is 5.41 Å². The van der Waals surface area contributed by atoms with Gasteiger partial charge in [-0.05, 0) is 31.0 Å². The predicted molar refractivity (Wildman–Crippen MR) is 78.3 cm³/mol. The molecule has 0 heterocycles. The van der Waals surface area contributed by atoms with Crippen molar-refractivity contribution in [2.75, 3.05) is 18.9 Å². The summed E-state index contributed by atoms with van der Waals surface area (Å²) in [5, 5.41) is 12.8. The molecular formula is C14H21ClN2O2. The molecule has 0 bridgehead atoms. The number of nitrogens with one attached hydrogen (secondary N) is 1. The Labute approximate surface area is 118 Å². The van der Waals surface area contributed by atoms with Crippen molar-refractivity contribution < 1.29 is 9.90 Å². The third-order valence-electron chi connectivity index (χ3n) is 3.72. The van der Waals surface area contributed by atoms with E-state index in [1.54, 1.807) is 18.2 Å². The number of anilines is 1. The predicted octanol–water partition coefficient (Wildman–Crippen LogP) is 2.45. The number of aliphatic hydroxyl groups excluding tert-OH is 1. The first kappa shape index (κ1) is 15.8. The van der Waals surface area contributed by atoms with Crippen LogP contribution in [0.5, 0.6) is 0 Å². The molecule has 0 atom stereocenters. The van der Waals surface area contributed by atoms with Crippen LogP contribution in [0.25, 0.3) is 0 Å². The van der Waals surface area contributed by atoms with Crippen molar-refractivity contribution in [1.82, 2.24) is 5.32 Å². The number of carbonyl (C=O) groups excluding carboxylic acids is 1. The summed E-state index contributed by atoms with van der Waals surface area (Å²) in [7, 11) is 0. The summed E-state index contributed by atoms with van der Waals surface area (Å²) >= 11 is 5.86. The van der Waals surface area contributed by atoms with Gasteiger partial charge in [0.25, 0.3) is 5.91 Å². The number of rotatable bonds is 6. The maximum atomic E-state index is 12.1. The van der Waals surface area contributed by atoms with Crippen molar-refractivity contribution in [2.45, 2.75) is 26.7 Å². The molecule has 0 saturated carbocycles. The van der Waals surface area contributed by atoms with Gasteiger partial charge in [0.05, 0.1) is 12.2 Å². The van der Waals surface area contributed by atoms with E-state index in [-0.39, 0.29) is 17.9 Å². The largest absolute Gasteiger partial charge is 0.398 e. The Bertz CT molecular complexity index is 437. The molecule has 0 aliphatic carbocycles. The number of benzene rings is 1. The number of hydrogen-bond acceptors (Lipinski definition) is 3. The highest BCUT2D eigenvalue weighted by Crippen LogP contribution is 2.25. The van der Waals surface area contributed by atoms with Gasteiger partial charge in [-0.2, -0.15) is 0 Å². The molecule has 0 radical (unpaired) electrons. The minimum Gasteiger partial charge on any atom is -0.398 e. The molecule has 1 aromatic rings. The van der Waals surface area contributed by atoms with Gasteiger partial charge in [0.15, 0.2) is 0 Å². The average Bonchev–Trinajstić information content (AvgIpc) is 2.43. The van der Waals surface area contributed by atoms with Crippen LogP contribution in [-0.4, -0.2) is 24.2 Å². The van der Waals surface area contributed by atoms with Crippen LogP contribution in [0.1, 0.15) is 37.0 Å². The molecule has 0 aliphatic heterocycles. The fourth-order valence-corrected chi connectivity index (χ4v) is 2.04. The molecule has 4 nitrogen and oxygen atoms in total. The molecule has 0 fully saturated rings. The highest BCUT2D eigenvalue weighted by atomic mass is 35.5. The van der Waals surface area contributed by atoms with Crippen molar-refractivity contribution in [3.8, 4) is 0 Å². The SMILES string of the molecule is CCC(CC)(CO)CNC(=O)c1cc(Cl)ccc1N. The zero-order valence-electron chi connectivity index (χ0n) is 11.4. The summed E-state index contributed by atoms with van der Waals surface area (Å²) < 4.78 is 0. The van der Waals surface area contributed by atoms with E-state index < -0.39 is 0 Å². The molecule has 1 rings (SSSR count). The lowest BCUT2D eigenvalue weighted by Crippen LogP contribution is -2.39. The normalized spacial score (nSPS) is 11.4. The summed E-state index contributed by atoms with van der Waals surface area (Å²) in [6.45, 7) is 4.46. The molecule has 0 aliphatic rings. The highest BCUT2D eigenvalue weighted by Gasteiger charge is 2.26. The van der Waals surface area contributed by atoms with Crippen LogP contribution < -0.4 is 11.1 Å². The maximum Gasteiger partial charge on any atom is 0.253 e. The first-order valence-corrected chi connectivity index (χ1v) is 6.80. The quantitative estimate of drug-likeness (QED) is 0.702. The molecule has 5 heteroatoms. The summed E-state index contributed by atoms with van der Waals surface area (Å²) in [5.74, 6) is -0.264. The number of nitrogens with two attached hydrogens (primary N) is 1. The van der Waals surface area contributed by atoms with E-state index in [2.05, 4.69) is 5.32 Å². The van der Waals surface area contributed by atoms with Crippen LogP contribution in [0.15, 0.2) is 18.2 Å². The second-order valence-corrected chi connectivity index (χ2v) is 5.22. The second-order valence-electron chi connectivity index (χ2n) is 4.78. The lowest BCUT2D eigenvalue weighted by atomic mass is 9.83. The van der Waals surface area contributed by atoms with Crippen molar-refractivity contribution in [1.29, 1.82) is 0 Å². The fourth-order valence-electron chi connectivity index (χ4n) is 1.87. The third kappa shape index (κ3) is 3.85. The summed E-state index contributed by atoms with van der Waals surface area (Å²) in [5.41, 5.74) is 6.24. The first-order valence-electron chi connectivity index (χ1n) is 6.42. The Morgan fingerprint density at radius 1 is 1.42 bits per heavy atom. The molecule has 106 valence electrons. The number of aliphatic hydroxyl groups is 1. The lowest BCUT2D eigenvalue weighted by Gasteiger charge is -2.29. The van der Waals surface area contributed by atoms with Gasteiger partial charge in [0, 0.05) is 22.7 Å². The minimum atomic E-state index is -0.275. The van der Waals surface area contributed by atoms with Gasteiger partial charge in [-0.25, -0.2) is 0 Å². The molecule has 1 amide bonds. The number of carbonyl (C=O) groups is 1. The van der Waals surface area contributed by atoms with Crippen LogP contribution in [-0.2, 0) is 0 Å². The maximum absolute atomic E-state index is 12.1. The smallest absolute Gasteiger partial charge is 0.253 e. The second kappa shape index (κ2) is 6.78. The molecular weight excluding hydrogens is 264 g/mol. The van der Waals surface area contributed by atoms with Gasteiger partial charge in [-0.15, -0.1) is 0 Å². The van der Waals surface area contributed by atoms with Crippen LogP contribution >= 0.6 is 11.6 Å². The zero-order chi connectivity index (χ0) is 14.5. The van der Waals surface area contributed by atoms with Crippen molar-refractivity contribution in [3.63, 3.8) is 0 Å². The van der Waals surface area contributed by atoms with Gasteiger partial charge in [0.2, 0.25) is 0 Å². The van der Waals surface area contributed by atoms with E-state index >= 15 is 0 Å².